The molecule has 27 heavy (non-hydrogen) atoms. The van der Waals surface area contributed by atoms with E-state index in [0.717, 1.165) is 20.9 Å². The van der Waals surface area contributed by atoms with Crippen molar-refractivity contribution >= 4 is 50.1 Å². The Labute approximate surface area is 158 Å². The zero-order valence-corrected chi connectivity index (χ0v) is 15.2. The van der Waals surface area contributed by atoms with E-state index in [1.165, 1.54) is 17.4 Å². The number of benzene rings is 2. The number of ether oxygens (including phenoxy) is 1. The van der Waals surface area contributed by atoms with E-state index in [1.807, 2.05) is 12.1 Å². The summed E-state index contributed by atoms with van der Waals surface area (Å²) in [5.74, 6) is -0.144. The topological polar surface area (TPSA) is 88.6 Å². The lowest BCUT2D eigenvalue weighted by Gasteiger charge is -2.14. The number of methoxy groups -OCH3 is 1. The Morgan fingerprint density at radius 3 is 2.67 bits per heavy atom. The zero-order chi connectivity index (χ0) is 19.0. The number of carbonyl (C=O) groups is 3. The van der Waals surface area contributed by atoms with Gasteiger partial charge in [-0.1, -0.05) is 17.4 Å². The minimum atomic E-state index is -0.359. The first-order chi connectivity index (χ1) is 13.0. The molecule has 8 heteroatoms. The predicted molar refractivity (Wildman–Crippen MR) is 102 cm³/mol. The first-order valence-electron chi connectivity index (χ1n) is 8.27. The second-order valence-electron chi connectivity index (χ2n) is 5.98. The number of amides is 3. The number of hydrogen-bond donors (Lipinski definition) is 1. The second kappa shape index (κ2) is 6.81. The highest BCUT2D eigenvalue weighted by molar-refractivity contribution is 7.22. The van der Waals surface area contributed by atoms with E-state index in [4.69, 9.17) is 4.74 Å². The fourth-order valence-corrected chi connectivity index (χ4v) is 3.79. The molecule has 0 spiro atoms. The first kappa shape index (κ1) is 17.2. The number of thiazole rings is 1. The molecule has 0 radical (unpaired) electrons. The minimum absolute atomic E-state index is 0.199. The third kappa shape index (κ3) is 3.26. The molecule has 0 bridgehead atoms. The van der Waals surface area contributed by atoms with Crippen LogP contribution in [0, 0.1) is 0 Å². The average molecular weight is 381 g/mol. The highest BCUT2D eigenvalue weighted by Gasteiger charge is 2.30. The number of imide groups is 1. The smallest absolute Gasteiger partial charge is 0.257 e. The van der Waals surface area contributed by atoms with Crippen LogP contribution < -0.4 is 15.0 Å². The Morgan fingerprint density at radius 1 is 1.15 bits per heavy atom. The van der Waals surface area contributed by atoms with Gasteiger partial charge >= 0.3 is 0 Å². The molecular formula is C19H15N3O4S. The molecule has 1 aliphatic heterocycles. The van der Waals surface area contributed by atoms with Crippen LogP contribution >= 0.6 is 11.3 Å². The fourth-order valence-electron chi connectivity index (χ4n) is 2.91. The molecule has 0 unspecified atom stereocenters. The summed E-state index contributed by atoms with van der Waals surface area (Å²) in [7, 11) is 1.59. The van der Waals surface area contributed by atoms with Crippen molar-refractivity contribution in [1.29, 1.82) is 0 Å². The third-order valence-corrected chi connectivity index (χ3v) is 5.17. The quantitative estimate of drug-likeness (QED) is 0.701. The first-order valence-corrected chi connectivity index (χ1v) is 9.08. The highest BCUT2D eigenvalue weighted by atomic mass is 32.1. The van der Waals surface area contributed by atoms with Crippen LogP contribution in [0.1, 0.15) is 23.2 Å². The van der Waals surface area contributed by atoms with Crippen molar-refractivity contribution in [2.75, 3.05) is 17.3 Å². The molecule has 4 rings (SSSR count). The van der Waals surface area contributed by atoms with E-state index in [0.29, 0.717) is 16.4 Å². The monoisotopic (exact) mass is 381 g/mol. The number of anilines is 2. The fraction of sp³-hybridized carbons (Fsp3) is 0.158. The van der Waals surface area contributed by atoms with Crippen molar-refractivity contribution in [2.45, 2.75) is 12.8 Å². The molecule has 3 amide bonds. The molecule has 0 atom stereocenters. The molecular weight excluding hydrogens is 366 g/mol. The molecule has 1 fully saturated rings. The third-order valence-electron chi connectivity index (χ3n) is 4.23. The summed E-state index contributed by atoms with van der Waals surface area (Å²) in [6, 6.07) is 11.9. The Bertz CT molecular complexity index is 1060. The van der Waals surface area contributed by atoms with E-state index in [1.54, 1.807) is 31.4 Å². The van der Waals surface area contributed by atoms with Crippen molar-refractivity contribution < 1.29 is 19.1 Å². The van der Waals surface area contributed by atoms with Crippen LogP contribution in [0.5, 0.6) is 5.75 Å². The van der Waals surface area contributed by atoms with Crippen LogP contribution in [-0.2, 0) is 9.59 Å². The molecule has 2 aromatic carbocycles. The van der Waals surface area contributed by atoms with Gasteiger partial charge in [0.15, 0.2) is 5.13 Å². The van der Waals surface area contributed by atoms with E-state index in [2.05, 4.69) is 10.3 Å². The number of aromatic nitrogens is 1. The van der Waals surface area contributed by atoms with Crippen molar-refractivity contribution in [3.05, 3.63) is 48.0 Å². The number of carbonyl (C=O) groups excluding carboxylic acids is 3. The maximum absolute atomic E-state index is 12.6. The molecule has 7 nitrogen and oxygen atoms in total. The van der Waals surface area contributed by atoms with Crippen molar-refractivity contribution in [1.82, 2.24) is 4.98 Å². The number of nitrogens with one attached hydrogen (secondary N) is 1. The summed E-state index contributed by atoms with van der Waals surface area (Å²) in [4.78, 5) is 41.9. The Hall–Kier alpha value is -3.26. The van der Waals surface area contributed by atoms with E-state index >= 15 is 0 Å². The lowest BCUT2D eigenvalue weighted by Crippen LogP contribution is -2.28. The lowest BCUT2D eigenvalue weighted by atomic mass is 10.2. The van der Waals surface area contributed by atoms with Gasteiger partial charge in [0.1, 0.15) is 5.75 Å². The minimum Gasteiger partial charge on any atom is -0.497 e. The Balaban J connectivity index is 1.57. The SMILES string of the molecule is COc1ccc2nc(NC(=O)c3cccc(N4C(=O)CCC4=O)c3)sc2c1. The van der Waals surface area contributed by atoms with Crippen LogP contribution in [0.15, 0.2) is 42.5 Å². The largest absolute Gasteiger partial charge is 0.497 e. The van der Waals surface area contributed by atoms with Gasteiger partial charge in [-0.15, -0.1) is 0 Å². The summed E-state index contributed by atoms with van der Waals surface area (Å²) in [6.45, 7) is 0. The van der Waals surface area contributed by atoms with Gasteiger partial charge in [-0.3, -0.25) is 24.6 Å². The standard InChI is InChI=1S/C19H15N3O4S/c1-26-13-5-6-14-15(10-13)27-19(20-14)21-18(25)11-3-2-4-12(9-11)22-16(23)7-8-17(22)24/h2-6,9-10H,7-8H2,1H3,(H,20,21,25). The molecule has 0 saturated carbocycles. The predicted octanol–water partition coefficient (Wildman–Crippen LogP) is 3.21. The van der Waals surface area contributed by atoms with Gasteiger partial charge in [-0.2, -0.15) is 0 Å². The van der Waals surface area contributed by atoms with Crippen molar-refractivity contribution in [2.24, 2.45) is 0 Å². The lowest BCUT2D eigenvalue weighted by molar-refractivity contribution is -0.121. The molecule has 0 aliphatic carbocycles. The molecule has 3 aromatic rings. The van der Waals surface area contributed by atoms with Crippen molar-refractivity contribution in [3.8, 4) is 5.75 Å². The number of hydrogen-bond acceptors (Lipinski definition) is 6. The summed E-state index contributed by atoms with van der Waals surface area (Å²) in [5.41, 5.74) is 1.51. The van der Waals surface area contributed by atoms with Crippen LogP contribution in [0.25, 0.3) is 10.2 Å². The maximum atomic E-state index is 12.6. The van der Waals surface area contributed by atoms with Crippen LogP contribution in [0.4, 0.5) is 10.8 Å². The van der Waals surface area contributed by atoms with Gasteiger partial charge in [-0.25, -0.2) is 4.98 Å². The molecule has 1 N–H and O–H groups in total. The zero-order valence-electron chi connectivity index (χ0n) is 14.4. The number of rotatable bonds is 4. The van der Waals surface area contributed by atoms with Gasteiger partial charge in [0.25, 0.3) is 5.91 Å². The molecule has 2 heterocycles. The molecule has 1 aromatic heterocycles. The van der Waals surface area contributed by atoms with Crippen LogP contribution in [-0.4, -0.2) is 29.8 Å². The molecule has 1 aliphatic rings. The van der Waals surface area contributed by atoms with E-state index in [9.17, 15) is 14.4 Å². The molecule has 1 saturated heterocycles. The summed E-state index contributed by atoms with van der Waals surface area (Å²) < 4.78 is 6.09. The van der Waals surface area contributed by atoms with Gasteiger partial charge in [-0.05, 0) is 36.4 Å². The second-order valence-corrected chi connectivity index (χ2v) is 7.01. The highest BCUT2D eigenvalue weighted by Crippen LogP contribution is 2.30. The van der Waals surface area contributed by atoms with Crippen molar-refractivity contribution in [3.63, 3.8) is 0 Å². The average Bonchev–Trinajstić information content (AvgIpc) is 3.23. The Kier molecular flexibility index (Phi) is 4.33. The van der Waals surface area contributed by atoms with Gasteiger partial charge in [0.05, 0.1) is 23.0 Å². The number of nitrogens with zero attached hydrogens (tertiary/aromatic N) is 2. The number of fused-ring (bicyclic) bond motifs is 1. The Morgan fingerprint density at radius 2 is 1.93 bits per heavy atom. The van der Waals surface area contributed by atoms with Gasteiger partial charge in [0.2, 0.25) is 11.8 Å². The van der Waals surface area contributed by atoms with Gasteiger partial charge < -0.3 is 4.74 Å². The summed E-state index contributed by atoms with van der Waals surface area (Å²) >= 11 is 1.34. The summed E-state index contributed by atoms with van der Waals surface area (Å²) in [6.07, 6.45) is 0.398. The molecule has 136 valence electrons. The van der Waals surface area contributed by atoms with Gasteiger partial charge in [0, 0.05) is 18.4 Å². The van der Waals surface area contributed by atoms with Crippen LogP contribution in [0.2, 0.25) is 0 Å². The van der Waals surface area contributed by atoms with E-state index in [-0.39, 0.29) is 30.6 Å². The van der Waals surface area contributed by atoms with Crippen LogP contribution in [0.3, 0.4) is 0 Å². The van der Waals surface area contributed by atoms with E-state index < -0.39 is 0 Å². The normalized spacial score (nSPS) is 14.0. The summed E-state index contributed by atoms with van der Waals surface area (Å²) in [5, 5.41) is 3.22. The maximum Gasteiger partial charge on any atom is 0.257 e.